The SMILES string of the molecule is CC(=O)N(Cc1ccc2ccc(NC(=O)OC(C)(C)C)nc2c1)c1cccc2c1S(=O)(=O)CC2O. The molecule has 2 aromatic carbocycles. The Morgan fingerprint density at radius 1 is 1.17 bits per heavy atom. The van der Waals surface area contributed by atoms with Crippen molar-refractivity contribution in [2.75, 3.05) is 16.0 Å². The highest BCUT2D eigenvalue weighted by atomic mass is 32.2. The fraction of sp³-hybridized carbons (Fsp3) is 0.320. The second kappa shape index (κ2) is 8.94. The number of ether oxygens (including phenoxy) is 1. The Kier molecular flexibility index (Phi) is 6.29. The van der Waals surface area contributed by atoms with E-state index in [9.17, 15) is 23.1 Å². The fourth-order valence-electron chi connectivity index (χ4n) is 4.02. The normalized spacial score (nSPS) is 16.5. The van der Waals surface area contributed by atoms with Crippen LogP contribution in [-0.4, -0.2) is 41.9 Å². The van der Waals surface area contributed by atoms with E-state index in [1.165, 1.54) is 11.8 Å². The van der Waals surface area contributed by atoms with Gasteiger partial charge in [0, 0.05) is 17.9 Å². The molecular weight excluding hydrogens is 470 g/mol. The van der Waals surface area contributed by atoms with E-state index in [1.54, 1.807) is 57.2 Å². The number of nitrogens with zero attached hydrogens (tertiary/aromatic N) is 2. The topological polar surface area (TPSA) is 126 Å². The first-order chi connectivity index (χ1) is 16.3. The van der Waals surface area contributed by atoms with Gasteiger partial charge in [0.2, 0.25) is 5.91 Å². The minimum atomic E-state index is -3.73. The minimum Gasteiger partial charge on any atom is -0.444 e. The molecule has 0 fully saturated rings. The molecule has 9 nitrogen and oxygen atoms in total. The number of anilines is 2. The van der Waals surface area contributed by atoms with Gasteiger partial charge in [0.05, 0.1) is 34.5 Å². The number of benzene rings is 2. The lowest BCUT2D eigenvalue weighted by Crippen LogP contribution is -2.29. The quantitative estimate of drug-likeness (QED) is 0.559. The number of pyridine rings is 1. The predicted octanol–water partition coefficient (Wildman–Crippen LogP) is 3.96. The molecule has 2 heterocycles. The van der Waals surface area contributed by atoms with Crippen molar-refractivity contribution in [3.8, 4) is 0 Å². The second-order valence-corrected chi connectivity index (χ2v) is 11.4. The maximum atomic E-state index is 12.7. The molecule has 3 aromatic rings. The van der Waals surface area contributed by atoms with Crippen molar-refractivity contribution in [1.82, 2.24) is 4.98 Å². The summed E-state index contributed by atoms with van der Waals surface area (Å²) in [5, 5.41) is 13.6. The van der Waals surface area contributed by atoms with Crippen LogP contribution in [0.4, 0.5) is 16.3 Å². The molecule has 4 rings (SSSR count). The molecule has 0 saturated heterocycles. The maximum absolute atomic E-state index is 12.7. The van der Waals surface area contributed by atoms with Crippen LogP contribution >= 0.6 is 0 Å². The molecule has 1 atom stereocenters. The summed E-state index contributed by atoms with van der Waals surface area (Å²) in [6.45, 7) is 6.75. The number of carbonyl (C=O) groups excluding carboxylic acids is 2. The highest BCUT2D eigenvalue weighted by molar-refractivity contribution is 7.92. The van der Waals surface area contributed by atoms with E-state index in [-0.39, 0.29) is 23.0 Å². The molecule has 0 spiro atoms. The molecule has 1 aromatic heterocycles. The molecule has 1 aliphatic heterocycles. The lowest BCUT2D eigenvalue weighted by molar-refractivity contribution is -0.116. The number of sulfone groups is 1. The average Bonchev–Trinajstić information content (AvgIpc) is 2.98. The molecule has 184 valence electrons. The summed E-state index contributed by atoms with van der Waals surface area (Å²) in [6, 6.07) is 13.7. The van der Waals surface area contributed by atoms with Gasteiger partial charge >= 0.3 is 6.09 Å². The minimum absolute atomic E-state index is 0.00883. The van der Waals surface area contributed by atoms with E-state index >= 15 is 0 Å². The lowest BCUT2D eigenvalue weighted by Gasteiger charge is -2.24. The van der Waals surface area contributed by atoms with Crippen molar-refractivity contribution in [2.45, 2.75) is 50.8 Å². The number of hydrogen-bond acceptors (Lipinski definition) is 7. The van der Waals surface area contributed by atoms with Crippen molar-refractivity contribution in [3.63, 3.8) is 0 Å². The van der Waals surface area contributed by atoms with Gasteiger partial charge in [0.15, 0.2) is 9.84 Å². The van der Waals surface area contributed by atoms with Crippen LogP contribution < -0.4 is 10.2 Å². The van der Waals surface area contributed by atoms with Gasteiger partial charge < -0.3 is 14.7 Å². The third kappa shape index (κ3) is 5.28. The Bertz CT molecular complexity index is 1430. The summed E-state index contributed by atoms with van der Waals surface area (Å²) in [6.07, 6.45) is -1.74. The summed E-state index contributed by atoms with van der Waals surface area (Å²) >= 11 is 0. The summed E-state index contributed by atoms with van der Waals surface area (Å²) in [4.78, 5) is 30.5. The van der Waals surface area contributed by atoms with Crippen molar-refractivity contribution in [3.05, 3.63) is 59.7 Å². The Morgan fingerprint density at radius 3 is 2.57 bits per heavy atom. The molecule has 0 saturated carbocycles. The second-order valence-electron chi connectivity index (χ2n) is 9.45. The molecule has 2 N–H and O–H groups in total. The number of aliphatic hydroxyl groups is 1. The van der Waals surface area contributed by atoms with Crippen molar-refractivity contribution >= 4 is 44.2 Å². The first kappa shape index (κ1) is 24.6. The number of aliphatic hydroxyl groups excluding tert-OH is 1. The predicted molar refractivity (Wildman–Crippen MR) is 132 cm³/mol. The van der Waals surface area contributed by atoms with Crippen LogP contribution in [-0.2, 0) is 25.9 Å². The highest BCUT2D eigenvalue weighted by Gasteiger charge is 2.37. The molecule has 10 heteroatoms. The van der Waals surface area contributed by atoms with Crippen LogP contribution in [0.5, 0.6) is 0 Å². The van der Waals surface area contributed by atoms with Crippen LogP contribution in [0.2, 0.25) is 0 Å². The van der Waals surface area contributed by atoms with Crippen LogP contribution in [0.1, 0.15) is 44.9 Å². The first-order valence-corrected chi connectivity index (χ1v) is 12.7. The summed E-state index contributed by atoms with van der Waals surface area (Å²) in [5.74, 6) is -0.435. The number of nitrogens with one attached hydrogen (secondary N) is 1. The molecule has 0 bridgehead atoms. The van der Waals surface area contributed by atoms with Gasteiger partial charge in [-0.3, -0.25) is 10.1 Å². The third-order valence-electron chi connectivity index (χ3n) is 5.47. The zero-order valence-corrected chi connectivity index (χ0v) is 20.7. The van der Waals surface area contributed by atoms with Gasteiger partial charge in [-0.1, -0.05) is 24.3 Å². The molecule has 35 heavy (non-hydrogen) atoms. The molecule has 1 aliphatic rings. The van der Waals surface area contributed by atoms with E-state index in [1.807, 2.05) is 12.1 Å². The van der Waals surface area contributed by atoms with Crippen molar-refractivity contribution in [1.29, 1.82) is 0 Å². The first-order valence-electron chi connectivity index (χ1n) is 11.1. The van der Waals surface area contributed by atoms with Crippen LogP contribution in [0.3, 0.4) is 0 Å². The molecule has 0 radical (unpaired) electrons. The van der Waals surface area contributed by atoms with E-state index in [2.05, 4.69) is 10.3 Å². The fourth-order valence-corrected chi connectivity index (χ4v) is 5.85. The summed E-state index contributed by atoms with van der Waals surface area (Å²) in [5.41, 5.74) is 1.18. The smallest absolute Gasteiger partial charge is 0.413 e. The van der Waals surface area contributed by atoms with Gasteiger partial charge in [-0.15, -0.1) is 0 Å². The van der Waals surface area contributed by atoms with E-state index in [0.717, 1.165) is 5.39 Å². The summed E-state index contributed by atoms with van der Waals surface area (Å²) < 4.78 is 30.7. The standard InChI is InChI=1S/C25H27N3O6S/c1-15(29)28(20-7-5-6-18-21(30)14-35(32,33)23(18)20)13-16-8-9-17-10-11-22(26-19(17)12-16)27-24(31)34-25(2,3)4/h5-12,21,30H,13-14H2,1-4H3,(H,26,27,31). The largest absolute Gasteiger partial charge is 0.444 e. The van der Waals surface area contributed by atoms with Crippen LogP contribution in [0, 0.1) is 0 Å². The molecular formula is C25H27N3O6S. The number of amides is 2. The van der Waals surface area contributed by atoms with E-state index in [0.29, 0.717) is 22.5 Å². The van der Waals surface area contributed by atoms with Gasteiger partial charge in [-0.05, 0) is 50.6 Å². The monoisotopic (exact) mass is 497 g/mol. The Hall–Kier alpha value is -3.50. The zero-order chi connectivity index (χ0) is 25.5. The summed E-state index contributed by atoms with van der Waals surface area (Å²) in [7, 11) is -3.73. The third-order valence-corrected chi connectivity index (χ3v) is 7.29. The zero-order valence-electron chi connectivity index (χ0n) is 19.9. The number of fused-ring (bicyclic) bond motifs is 2. The van der Waals surface area contributed by atoms with E-state index < -0.39 is 33.4 Å². The van der Waals surface area contributed by atoms with Gasteiger partial charge in [-0.25, -0.2) is 18.2 Å². The highest BCUT2D eigenvalue weighted by Crippen LogP contribution is 2.40. The average molecular weight is 498 g/mol. The van der Waals surface area contributed by atoms with Crippen LogP contribution in [0.15, 0.2) is 53.4 Å². The number of carbonyl (C=O) groups is 2. The number of hydrogen-bond donors (Lipinski definition) is 2. The van der Waals surface area contributed by atoms with Gasteiger partial charge in [-0.2, -0.15) is 0 Å². The van der Waals surface area contributed by atoms with E-state index in [4.69, 9.17) is 4.74 Å². The Morgan fingerprint density at radius 2 is 1.89 bits per heavy atom. The number of rotatable bonds is 4. The number of aromatic nitrogens is 1. The lowest BCUT2D eigenvalue weighted by atomic mass is 10.1. The van der Waals surface area contributed by atoms with Gasteiger partial charge in [0.1, 0.15) is 11.4 Å². The Balaban J connectivity index is 1.66. The maximum Gasteiger partial charge on any atom is 0.413 e. The molecule has 2 amide bonds. The van der Waals surface area contributed by atoms with Crippen LogP contribution in [0.25, 0.3) is 10.9 Å². The Labute approximate surface area is 203 Å². The van der Waals surface area contributed by atoms with Crippen molar-refractivity contribution in [2.24, 2.45) is 0 Å². The van der Waals surface area contributed by atoms with Gasteiger partial charge in [0.25, 0.3) is 0 Å². The molecule has 1 unspecified atom stereocenters. The van der Waals surface area contributed by atoms with Crippen molar-refractivity contribution < 1.29 is 27.9 Å². The molecule has 0 aliphatic carbocycles.